The smallest absolute Gasteiger partial charge is 0.242 e. The first-order chi connectivity index (χ1) is 8.41. The fraction of sp³-hybridized carbons (Fsp3) is 0.800. The zero-order valence-corrected chi connectivity index (χ0v) is 11.3. The maximum Gasteiger partial charge on any atom is 0.242 e. The molecule has 0 aromatic carbocycles. The van der Waals surface area contributed by atoms with Gasteiger partial charge in [0.15, 0.2) is 0 Å². The summed E-state index contributed by atoms with van der Waals surface area (Å²) in [5.74, 6) is 0.443. The Kier molecular flexibility index (Phi) is 5.02. The van der Waals surface area contributed by atoms with Gasteiger partial charge in [-0.3, -0.25) is 4.79 Å². The fourth-order valence-corrected chi connectivity index (χ4v) is 1.75. The van der Waals surface area contributed by atoms with E-state index in [0.717, 1.165) is 0 Å². The maximum atomic E-state index is 11.7. The molecule has 8 nitrogen and oxygen atoms in total. The van der Waals surface area contributed by atoms with Gasteiger partial charge < -0.3 is 16.0 Å². The lowest BCUT2D eigenvalue weighted by molar-refractivity contribution is -0.122. The van der Waals surface area contributed by atoms with Crippen molar-refractivity contribution in [1.82, 2.24) is 30.4 Å². The molecule has 0 saturated heterocycles. The lowest BCUT2D eigenvalue weighted by Crippen LogP contribution is -2.44. The Morgan fingerprint density at radius 3 is 2.61 bits per heavy atom. The molecule has 3 N–H and O–H groups in total. The van der Waals surface area contributed by atoms with Crippen LogP contribution in [0.25, 0.3) is 0 Å². The molecule has 1 aromatic heterocycles. The van der Waals surface area contributed by atoms with Gasteiger partial charge in [-0.2, -0.15) is 0 Å². The normalized spacial score (nSPS) is 13.0. The Morgan fingerprint density at radius 2 is 2.17 bits per heavy atom. The lowest BCUT2D eigenvalue weighted by atomic mass is 10.0. The standard InChI is InChI=1S/C10H21N7O/c1-7(2)8(16(3)4)5-12-9(18)6-17-10(11)13-14-15-17/h7-8H,5-6H2,1-4H3,(H,12,18)(H2,11,13,15)/t8-/m1/s1. The molecular formula is C10H21N7O. The number of carbonyl (C=O) groups excluding carboxylic acids is 1. The largest absolute Gasteiger partial charge is 0.367 e. The van der Waals surface area contributed by atoms with Crippen molar-refractivity contribution < 1.29 is 4.79 Å². The molecule has 0 spiro atoms. The van der Waals surface area contributed by atoms with E-state index in [0.29, 0.717) is 18.5 Å². The minimum atomic E-state index is -0.151. The van der Waals surface area contributed by atoms with Crippen LogP contribution >= 0.6 is 0 Å². The molecule has 1 heterocycles. The van der Waals surface area contributed by atoms with Crippen molar-refractivity contribution in [2.24, 2.45) is 5.92 Å². The number of aromatic nitrogens is 4. The first kappa shape index (κ1) is 14.4. The molecule has 0 saturated carbocycles. The first-order valence-corrected chi connectivity index (χ1v) is 5.86. The third kappa shape index (κ3) is 3.95. The molecule has 0 aliphatic carbocycles. The summed E-state index contributed by atoms with van der Waals surface area (Å²) < 4.78 is 1.26. The van der Waals surface area contributed by atoms with E-state index in [4.69, 9.17) is 5.73 Å². The number of rotatable bonds is 6. The van der Waals surface area contributed by atoms with Crippen LogP contribution in [-0.4, -0.2) is 57.7 Å². The highest BCUT2D eigenvalue weighted by Gasteiger charge is 2.17. The summed E-state index contributed by atoms with van der Waals surface area (Å²) in [5.41, 5.74) is 5.48. The molecule has 1 atom stereocenters. The van der Waals surface area contributed by atoms with Crippen LogP contribution in [0, 0.1) is 5.92 Å². The molecule has 8 heteroatoms. The molecule has 0 aliphatic rings. The van der Waals surface area contributed by atoms with Gasteiger partial charge in [-0.05, 0) is 30.4 Å². The van der Waals surface area contributed by atoms with Crippen molar-refractivity contribution in [2.45, 2.75) is 26.4 Å². The number of nitrogens with two attached hydrogens (primary N) is 1. The van der Waals surface area contributed by atoms with Crippen LogP contribution in [0.5, 0.6) is 0 Å². The Hall–Kier alpha value is -1.70. The number of hydrogen-bond donors (Lipinski definition) is 2. The van der Waals surface area contributed by atoms with Gasteiger partial charge >= 0.3 is 0 Å². The zero-order chi connectivity index (χ0) is 13.7. The van der Waals surface area contributed by atoms with Crippen LogP contribution in [0.1, 0.15) is 13.8 Å². The van der Waals surface area contributed by atoms with E-state index in [1.165, 1.54) is 4.68 Å². The maximum absolute atomic E-state index is 11.7. The van der Waals surface area contributed by atoms with Crippen LogP contribution in [0.3, 0.4) is 0 Å². The first-order valence-electron chi connectivity index (χ1n) is 5.86. The number of hydrogen-bond acceptors (Lipinski definition) is 6. The number of tetrazole rings is 1. The van der Waals surface area contributed by atoms with Gasteiger partial charge in [0, 0.05) is 12.6 Å². The molecule has 18 heavy (non-hydrogen) atoms. The van der Waals surface area contributed by atoms with Gasteiger partial charge in [0.05, 0.1) is 0 Å². The molecule has 0 bridgehead atoms. The van der Waals surface area contributed by atoms with E-state index in [2.05, 4.69) is 39.6 Å². The van der Waals surface area contributed by atoms with Crippen LogP contribution in [-0.2, 0) is 11.3 Å². The number of carbonyl (C=O) groups is 1. The number of likely N-dealkylation sites (N-methyl/N-ethyl adjacent to an activating group) is 1. The van der Waals surface area contributed by atoms with Crippen molar-refractivity contribution in [3.05, 3.63) is 0 Å². The Labute approximate surface area is 107 Å². The van der Waals surface area contributed by atoms with Gasteiger partial charge in [-0.1, -0.05) is 18.9 Å². The topological polar surface area (TPSA) is 102 Å². The average molecular weight is 255 g/mol. The van der Waals surface area contributed by atoms with Gasteiger partial charge in [0.25, 0.3) is 0 Å². The van der Waals surface area contributed by atoms with Crippen molar-refractivity contribution in [3.63, 3.8) is 0 Å². The third-order valence-corrected chi connectivity index (χ3v) is 2.79. The second-order valence-electron chi connectivity index (χ2n) is 4.77. The van der Waals surface area contributed by atoms with Crippen LogP contribution in [0.2, 0.25) is 0 Å². The fourth-order valence-electron chi connectivity index (χ4n) is 1.75. The molecule has 1 amide bonds. The predicted molar refractivity (Wildman–Crippen MR) is 67.6 cm³/mol. The van der Waals surface area contributed by atoms with E-state index < -0.39 is 0 Å². The minimum absolute atomic E-state index is 0.0388. The molecule has 1 rings (SSSR count). The van der Waals surface area contributed by atoms with Gasteiger partial charge in [-0.25, -0.2) is 4.68 Å². The van der Waals surface area contributed by atoms with Gasteiger partial charge in [0.1, 0.15) is 6.54 Å². The van der Waals surface area contributed by atoms with Gasteiger partial charge in [0.2, 0.25) is 11.9 Å². The highest BCUT2D eigenvalue weighted by atomic mass is 16.2. The van der Waals surface area contributed by atoms with E-state index >= 15 is 0 Å². The van der Waals surface area contributed by atoms with Crippen LogP contribution < -0.4 is 11.1 Å². The van der Waals surface area contributed by atoms with Crippen LogP contribution in [0.15, 0.2) is 0 Å². The molecule has 102 valence electrons. The van der Waals surface area contributed by atoms with Crippen molar-refractivity contribution in [1.29, 1.82) is 0 Å². The number of nitrogens with one attached hydrogen (secondary N) is 1. The summed E-state index contributed by atoms with van der Waals surface area (Å²) >= 11 is 0. The highest BCUT2D eigenvalue weighted by molar-refractivity contribution is 5.75. The molecule has 0 unspecified atom stereocenters. The zero-order valence-electron chi connectivity index (χ0n) is 11.3. The van der Waals surface area contributed by atoms with Crippen LogP contribution in [0.4, 0.5) is 5.95 Å². The predicted octanol–water partition coefficient (Wildman–Crippen LogP) is -1.04. The molecule has 1 aromatic rings. The monoisotopic (exact) mass is 255 g/mol. The highest BCUT2D eigenvalue weighted by Crippen LogP contribution is 2.05. The van der Waals surface area contributed by atoms with E-state index in [1.54, 1.807) is 0 Å². The van der Waals surface area contributed by atoms with Gasteiger partial charge in [-0.15, -0.1) is 0 Å². The second kappa shape index (κ2) is 6.29. The molecule has 0 aliphatic heterocycles. The third-order valence-electron chi connectivity index (χ3n) is 2.79. The number of amides is 1. The molecule has 0 radical (unpaired) electrons. The summed E-state index contributed by atoms with van der Waals surface area (Å²) in [6, 6.07) is 0.292. The van der Waals surface area contributed by atoms with E-state index in [-0.39, 0.29) is 18.4 Å². The summed E-state index contributed by atoms with van der Waals surface area (Å²) in [4.78, 5) is 13.8. The molecule has 0 fully saturated rings. The summed E-state index contributed by atoms with van der Waals surface area (Å²) in [6.07, 6.45) is 0. The second-order valence-corrected chi connectivity index (χ2v) is 4.77. The quantitative estimate of drug-likeness (QED) is 0.673. The summed E-state index contributed by atoms with van der Waals surface area (Å²) in [5, 5.41) is 13.4. The Balaban J connectivity index is 2.43. The number of anilines is 1. The lowest BCUT2D eigenvalue weighted by Gasteiger charge is -2.28. The summed E-state index contributed by atoms with van der Waals surface area (Å²) in [7, 11) is 3.99. The average Bonchev–Trinajstić information content (AvgIpc) is 2.63. The number of nitrogens with zero attached hydrogens (tertiary/aromatic N) is 5. The number of nitrogen functional groups attached to an aromatic ring is 1. The van der Waals surface area contributed by atoms with E-state index in [1.807, 2.05) is 14.1 Å². The SMILES string of the molecule is CC(C)[C@@H](CNC(=O)Cn1nnnc1N)N(C)C. The van der Waals surface area contributed by atoms with Crippen molar-refractivity contribution in [3.8, 4) is 0 Å². The Bertz CT molecular complexity index is 379. The summed E-state index contributed by atoms with van der Waals surface area (Å²) in [6.45, 7) is 4.87. The van der Waals surface area contributed by atoms with Crippen molar-refractivity contribution in [2.75, 3.05) is 26.4 Å². The van der Waals surface area contributed by atoms with Crippen molar-refractivity contribution >= 4 is 11.9 Å². The van der Waals surface area contributed by atoms with E-state index in [9.17, 15) is 4.79 Å². The minimum Gasteiger partial charge on any atom is -0.367 e. The Morgan fingerprint density at radius 1 is 1.50 bits per heavy atom. The molecular weight excluding hydrogens is 234 g/mol.